The average Bonchev–Trinajstić information content (AvgIpc) is 3.24. The molecule has 150 valence electrons. The molecule has 2 aromatic carbocycles. The van der Waals surface area contributed by atoms with Crippen LogP contribution in [0.15, 0.2) is 66.0 Å². The van der Waals surface area contributed by atoms with Crippen molar-refractivity contribution in [1.82, 2.24) is 5.32 Å². The molecule has 1 aromatic heterocycles. The van der Waals surface area contributed by atoms with Crippen LogP contribution in [-0.2, 0) is 11.2 Å². The summed E-state index contributed by atoms with van der Waals surface area (Å²) in [6.45, 7) is 2.33. The summed E-state index contributed by atoms with van der Waals surface area (Å²) in [5, 5.41) is 8.24. The van der Waals surface area contributed by atoms with Crippen molar-refractivity contribution in [3.05, 3.63) is 87.6 Å². The number of anilines is 1. The Morgan fingerprint density at radius 2 is 1.76 bits per heavy atom. The fourth-order valence-electron chi connectivity index (χ4n) is 3.12. The Labute approximate surface area is 175 Å². The molecule has 0 spiro atoms. The first-order chi connectivity index (χ1) is 14.1. The van der Waals surface area contributed by atoms with Gasteiger partial charge in [0, 0.05) is 16.1 Å². The summed E-state index contributed by atoms with van der Waals surface area (Å²) in [6, 6.07) is 19.1. The number of carbonyl (C=O) groups excluding carboxylic acids is 2. The number of nitrogens with two attached hydrogens (primary N) is 1. The highest BCUT2D eigenvalue weighted by atomic mass is 32.1. The highest BCUT2D eigenvalue weighted by molar-refractivity contribution is 7.10. The maximum absolute atomic E-state index is 12.4. The molecule has 3 rings (SSSR count). The van der Waals surface area contributed by atoms with Gasteiger partial charge in [-0.1, -0.05) is 43.7 Å². The minimum absolute atomic E-state index is 0.0475. The third-order valence-corrected chi connectivity index (χ3v) is 5.54. The van der Waals surface area contributed by atoms with Gasteiger partial charge < -0.3 is 11.1 Å². The molecule has 0 radical (unpaired) electrons. The van der Waals surface area contributed by atoms with Crippen LogP contribution < -0.4 is 16.4 Å². The van der Waals surface area contributed by atoms with Crippen LogP contribution in [0, 0.1) is 0 Å². The average molecular weight is 408 g/mol. The molecule has 0 aliphatic heterocycles. The Morgan fingerprint density at radius 1 is 1.03 bits per heavy atom. The van der Waals surface area contributed by atoms with E-state index in [1.165, 1.54) is 5.56 Å². The molecular weight excluding hydrogens is 382 g/mol. The monoisotopic (exact) mass is 407 g/mol. The zero-order valence-corrected chi connectivity index (χ0v) is 17.2. The van der Waals surface area contributed by atoms with Crippen LogP contribution >= 0.6 is 11.3 Å². The molecular formula is C23H25N3O2S. The van der Waals surface area contributed by atoms with Gasteiger partial charge in [0.1, 0.15) is 0 Å². The molecule has 3 aromatic rings. The van der Waals surface area contributed by atoms with Crippen LogP contribution in [0.5, 0.6) is 0 Å². The lowest BCUT2D eigenvalue weighted by molar-refractivity contribution is -0.115. The van der Waals surface area contributed by atoms with Gasteiger partial charge in [0.15, 0.2) is 0 Å². The molecule has 0 bridgehead atoms. The van der Waals surface area contributed by atoms with Crippen molar-refractivity contribution in [3.63, 3.8) is 0 Å². The van der Waals surface area contributed by atoms with E-state index in [-0.39, 0.29) is 18.5 Å². The number of hydrogen-bond donors (Lipinski definition) is 3. The Kier molecular flexibility index (Phi) is 7.16. The third-order valence-electron chi connectivity index (χ3n) is 4.60. The van der Waals surface area contributed by atoms with Crippen molar-refractivity contribution in [3.8, 4) is 0 Å². The minimum Gasteiger partial charge on any atom is -0.366 e. The van der Waals surface area contributed by atoms with Gasteiger partial charge in [-0.05, 0) is 53.3 Å². The van der Waals surface area contributed by atoms with E-state index in [1.807, 2.05) is 11.4 Å². The second kappa shape index (κ2) is 10.0. The number of nitrogens with one attached hydrogen (secondary N) is 2. The van der Waals surface area contributed by atoms with E-state index in [1.54, 1.807) is 35.6 Å². The Balaban J connectivity index is 1.65. The first-order valence-corrected chi connectivity index (χ1v) is 10.5. The molecule has 2 amide bonds. The molecule has 5 nitrogen and oxygen atoms in total. The molecule has 29 heavy (non-hydrogen) atoms. The fourth-order valence-corrected chi connectivity index (χ4v) is 3.95. The first kappa shape index (κ1) is 20.8. The highest BCUT2D eigenvalue weighted by Crippen LogP contribution is 2.26. The number of hydrogen-bond acceptors (Lipinski definition) is 4. The van der Waals surface area contributed by atoms with Crippen molar-refractivity contribution >= 4 is 28.8 Å². The van der Waals surface area contributed by atoms with E-state index in [2.05, 4.69) is 47.9 Å². The molecule has 0 saturated heterocycles. The van der Waals surface area contributed by atoms with Gasteiger partial charge in [0.25, 0.3) is 0 Å². The van der Waals surface area contributed by atoms with E-state index in [9.17, 15) is 9.59 Å². The molecule has 0 aliphatic carbocycles. The van der Waals surface area contributed by atoms with Crippen molar-refractivity contribution in [2.75, 3.05) is 11.9 Å². The van der Waals surface area contributed by atoms with Crippen LogP contribution in [0.4, 0.5) is 5.69 Å². The number of amides is 2. The lowest BCUT2D eigenvalue weighted by atomic mass is 10.0. The molecule has 4 N–H and O–H groups in total. The maximum atomic E-state index is 12.4. The predicted molar refractivity (Wildman–Crippen MR) is 118 cm³/mol. The maximum Gasteiger partial charge on any atom is 0.248 e. The zero-order valence-electron chi connectivity index (χ0n) is 16.4. The number of primary amides is 1. The van der Waals surface area contributed by atoms with Gasteiger partial charge in [-0.25, -0.2) is 0 Å². The summed E-state index contributed by atoms with van der Waals surface area (Å²) in [4.78, 5) is 24.7. The molecule has 0 aliphatic rings. The Hall–Kier alpha value is -2.96. The SMILES string of the molecule is CCCc1ccc([C@@H](NCC(=O)Nc2ccc(C(N)=O)cc2)c2cccs2)cc1. The number of rotatable bonds is 9. The van der Waals surface area contributed by atoms with E-state index < -0.39 is 5.91 Å². The smallest absolute Gasteiger partial charge is 0.248 e. The molecule has 0 saturated carbocycles. The number of thiophene rings is 1. The summed E-state index contributed by atoms with van der Waals surface area (Å²) in [7, 11) is 0. The lowest BCUT2D eigenvalue weighted by Gasteiger charge is -2.18. The van der Waals surface area contributed by atoms with Crippen LogP contribution in [0.1, 0.15) is 45.7 Å². The van der Waals surface area contributed by atoms with Crippen molar-refractivity contribution in [1.29, 1.82) is 0 Å². The fraction of sp³-hybridized carbons (Fsp3) is 0.217. The van der Waals surface area contributed by atoms with E-state index >= 15 is 0 Å². The van der Waals surface area contributed by atoms with Gasteiger partial charge in [-0.2, -0.15) is 0 Å². The number of carbonyl (C=O) groups is 2. The third kappa shape index (κ3) is 5.76. The molecule has 1 heterocycles. The topological polar surface area (TPSA) is 84.2 Å². The van der Waals surface area contributed by atoms with Crippen molar-refractivity contribution < 1.29 is 9.59 Å². The van der Waals surface area contributed by atoms with Gasteiger partial charge in [0.05, 0.1) is 12.6 Å². The number of aryl methyl sites for hydroxylation is 1. The molecule has 0 fully saturated rings. The van der Waals surface area contributed by atoms with E-state index in [0.29, 0.717) is 11.3 Å². The molecule has 0 unspecified atom stereocenters. The number of benzene rings is 2. The lowest BCUT2D eigenvalue weighted by Crippen LogP contribution is -2.31. The molecule has 6 heteroatoms. The summed E-state index contributed by atoms with van der Waals surface area (Å²) in [5.41, 5.74) is 8.72. The Bertz CT molecular complexity index is 935. The van der Waals surface area contributed by atoms with Crippen molar-refractivity contribution in [2.45, 2.75) is 25.8 Å². The quantitative estimate of drug-likeness (QED) is 0.499. The first-order valence-electron chi connectivity index (χ1n) is 9.62. The van der Waals surface area contributed by atoms with Gasteiger partial charge in [-0.3, -0.25) is 14.9 Å². The van der Waals surface area contributed by atoms with Crippen LogP contribution in [0.25, 0.3) is 0 Å². The minimum atomic E-state index is -0.492. The van der Waals surface area contributed by atoms with Gasteiger partial charge in [0.2, 0.25) is 11.8 Å². The normalized spacial score (nSPS) is 11.8. The summed E-state index contributed by atoms with van der Waals surface area (Å²) >= 11 is 1.66. The van der Waals surface area contributed by atoms with E-state index in [4.69, 9.17) is 5.73 Å². The highest BCUT2D eigenvalue weighted by Gasteiger charge is 2.16. The standard InChI is InChI=1S/C23H25N3O2S/c1-2-4-16-6-8-17(9-7-16)22(20-5-3-14-29-20)25-15-21(27)26-19-12-10-18(11-13-19)23(24)28/h3,5-14,22,25H,2,4,15H2,1H3,(H2,24,28)(H,26,27)/t22-/m1/s1. The second-order valence-electron chi connectivity index (χ2n) is 6.81. The summed E-state index contributed by atoms with van der Waals surface area (Å²) in [5.74, 6) is -0.644. The summed E-state index contributed by atoms with van der Waals surface area (Å²) < 4.78 is 0. The van der Waals surface area contributed by atoms with Crippen LogP contribution in [0.2, 0.25) is 0 Å². The van der Waals surface area contributed by atoms with Crippen LogP contribution in [0.3, 0.4) is 0 Å². The Morgan fingerprint density at radius 3 is 2.34 bits per heavy atom. The van der Waals surface area contributed by atoms with Crippen molar-refractivity contribution in [2.24, 2.45) is 5.73 Å². The second-order valence-corrected chi connectivity index (χ2v) is 7.79. The van der Waals surface area contributed by atoms with Crippen LogP contribution in [-0.4, -0.2) is 18.4 Å². The largest absolute Gasteiger partial charge is 0.366 e. The van der Waals surface area contributed by atoms with Gasteiger partial charge in [-0.15, -0.1) is 11.3 Å². The summed E-state index contributed by atoms with van der Waals surface area (Å²) in [6.07, 6.45) is 2.18. The predicted octanol–water partition coefficient (Wildman–Crippen LogP) is 4.12. The zero-order chi connectivity index (χ0) is 20.6. The molecule has 1 atom stereocenters. The van der Waals surface area contributed by atoms with E-state index in [0.717, 1.165) is 23.3 Å². The van der Waals surface area contributed by atoms with Gasteiger partial charge >= 0.3 is 0 Å².